The van der Waals surface area contributed by atoms with E-state index in [1.54, 1.807) is 16.8 Å². The zero-order valence-electron chi connectivity index (χ0n) is 19.1. The number of ether oxygens (including phenoxy) is 3. The van der Waals surface area contributed by atoms with Gasteiger partial charge in [-0.05, 0) is 48.9 Å². The van der Waals surface area contributed by atoms with Gasteiger partial charge in [0.25, 0.3) is 5.91 Å². The molecule has 1 heterocycles. The van der Waals surface area contributed by atoms with E-state index in [9.17, 15) is 14.0 Å². The van der Waals surface area contributed by atoms with Gasteiger partial charge >= 0.3 is 0 Å². The molecule has 0 N–H and O–H groups in total. The summed E-state index contributed by atoms with van der Waals surface area (Å²) in [6, 6.07) is 9.08. The van der Waals surface area contributed by atoms with Gasteiger partial charge in [-0.2, -0.15) is 0 Å². The van der Waals surface area contributed by atoms with Crippen LogP contribution in [0.1, 0.15) is 28.8 Å². The fraction of sp³-hybridized carbons (Fsp3) is 0.417. The Morgan fingerprint density at radius 3 is 2.12 bits per heavy atom. The van der Waals surface area contributed by atoms with Crippen LogP contribution in [0.2, 0.25) is 0 Å². The van der Waals surface area contributed by atoms with Crippen molar-refractivity contribution in [1.82, 2.24) is 9.80 Å². The third-order valence-corrected chi connectivity index (χ3v) is 5.98. The molecule has 2 amide bonds. The van der Waals surface area contributed by atoms with Crippen molar-refractivity contribution in [3.05, 3.63) is 53.3 Å². The fourth-order valence-electron chi connectivity index (χ4n) is 4.09. The Hall–Kier alpha value is -3.29. The molecular weight excluding hydrogens is 415 g/mol. The van der Waals surface area contributed by atoms with Gasteiger partial charge in [0.15, 0.2) is 11.5 Å². The van der Waals surface area contributed by atoms with Gasteiger partial charge in [0.1, 0.15) is 5.82 Å². The molecular formula is C24H29FN2O5. The monoisotopic (exact) mass is 444 g/mol. The molecule has 1 saturated heterocycles. The van der Waals surface area contributed by atoms with Crippen molar-refractivity contribution >= 4 is 11.8 Å². The van der Waals surface area contributed by atoms with Crippen molar-refractivity contribution in [2.75, 3.05) is 48.0 Å². The highest BCUT2D eigenvalue weighted by molar-refractivity contribution is 5.95. The van der Waals surface area contributed by atoms with Gasteiger partial charge in [0, 0.05) is 38.2 Å². The molecule has 1 fully saturated rings. The zero-order valence-corrected chi connectivity index (χ0v) is 19.1. The Labute approximate surface area is 187 Å². The predicted octanol–water partition coefficient (Wildman–Crippen LogP) is 3.19. The highest BCUT2D eigenvalue weighted by atomic mass is 19.1. The summed E-state index contributed by atoms with van der Waals surface area (Å²) < 4.78 is 29.7. The third kappa shape index (κ3) is 4.49. The first-order chi connectivity index (χ1) is 15.3. The molecule has 7 nitrogen and oxygen atoms in total. The van der Waals surface area contributed by atoms with Crippen LogP contribution in [0, 0.1) is 11.7 Å². The summed E-state index contributed by atoms with van der Waals surface area (Å²) in [7, 11) is 6.35. The normalized spacial score (nSPS) is 17.8. The number of likely N-dealkylation sites (tertiary alicyclic amines) is 1. The highest BCUT2D eigenvalue weighted by Gasteiger charge is 2.42. The minimum absolute atomic E-state index is 0.0411. The van der Waals surface area contributed by atoms with E-state index in [0.717, 1.165) is 5.56 Å². The second-order valence-electron chi connectivity index (χ2n) is 7.74. The molecule has 1 aliphatic rings. The molecule has 0 radical (unpaired) electrons. The molecule has 0 aromatic heterocycles. The number of hydrogen-bond acceptors (Lipinski definition) is 5. The number of methoxy groups -OCH3 is 3. The second-order valence-corrected chi connectivity index (χ2v) is 7.74. The molecule has 2 aromatic rings. The van der Waals surface area contributed by atoms with Crippen LogP contribution >= 0.6 is 0 Å². The average Bonchev–Trinajstić information content (AvgIpc) is 3.27. The summed E-state index contributed by atoms with van der Waals surface area (Å²) in [5, 5.41) is 0. The summed E-state index contributed by atoms with van der Waals surface area (Å²) in [5.41, 5.74) is 1.20. The first-order valence-corrected chi connectivity index (χ1v) is 10.4. The maximum atomic E-state index is 13.3. The van der Waals surface area contributed by atoms with E-state index in [4.69, 9.17) is 14.2 Å². The second kappa shape index (κ2) is 9.89. The third-order valence-electron chi connectivity index (χ3n) is 5.98. The van der Waals surface area contributed by atoms with Crippen LogP contribution in [0.3, 0.4) is 0 Å². The predicted molar refractivity (Wildman–Crippen MR) is 118 cm³/mol. The average molecular weight is 445 g/mol. The van der Waals surface area contributed by atoms with Gasteiger partial charge in [0.2, 0.25) is 11.7 Å². The molecule has 3 rings (SSSR count). The van der Waals surface area contributed by atoms with Crippen molar-refractivity contribution < 1.29 is 28.2 Å². The van der Waals surface area contributed by atoms with E-state index in [0.29, 0.717) is 35.9 Å². The van der Waals surface area contributed by atoms with Gasteiger partial charge in [-0.15, -0.1) is 0 Å². The molecule has 1 aliphatic heterocycles. The van der Waals surface area contributed by atoms with E-state index >= 15 is 0 Å². The lowest BCUT2D eigenvalue weighted by Crippen LogP contribution is -2.36. The van der Waals surface area contributed by atoms with Crippen LogP contribution in [0.4, 0.5) is 4.39 Å². The van der Waals surface area contributed by atoms with E-state index in [1.165, 1.54) is 45.6 Å². The summed E-state index contributed by atoms with van der Waals surface area (Å²) >= 11 is 0. The molecule has 172 valence electrons. The number of rotatable bonds is 7. The lowest BCUT2D eigenvalue weighted by Gasteiger charge is -2.24. The maximum absolute atomic E-state index is 13.3. The van der Waals surface area contributed by atoms with Crippen molar-refractivity contribution in [2.24, 2.45) is 5.92 Å². The molecule has 0 bridgehead atoms. The number of carbonyl (C=O) groups excluding carboxylic acids is 2. The Morgan fingerprint density at radius 2 is 1.62 bits per heavy atom. The molecule has 0 unspecified atom stereocenters. The standard InChI is InChI=1S/C24H29FN2O5/c1-6-26(2)24(29)19-14-27(23(28)15-7-9-17(25)10-8-15)13-18(19)16-11-20(30-3)22(32-5)21(12-16)31-4/h7-12,18-19H,6,13-14H2,1-5H3/t18-,19-/m0/s1. The van der Waals surface area contributed by atoms with Crippen molar-refractivity contribution in [3.8, 4) is 17.2 Å². The Kier molecular flexibility index (Phi) is 7.22. The van der Waals surface area contributed by atoms with Crippen molar-refractivity contribution in [3.63, 3.8) is 0 Å². The lowest BCUT2D eigenvalue weighted by atomic mass is 9.87. The maximum Gasteiger partial charge on any atom is 0.253 e. The number of hydrogen-bond donors (Lipinski definition) is 0. The molecule has 2 atom stereocenters. The first kappa shape index (κ1) is 23.4. The summed E-state index contributed by atoms with van der Waals surface area (Å²) in [6.45, 7) is 3.06. The van der Waals surface area contributed by atoms with E-state index in [-0.39, 0.29) is 24.3 Å². The van der Waals surface area contributed by atoms with Crippen molar-refractivity contribution in [1.29, 1.82) is 0 Å². The van der Waals surface area contributed by atoms with E-state index in [2.05, 4.69) is 0 Å². The van der Waals surface area contributed by atoms with Gasteiger partial charge in [0.05, 0.1) is 27.2 Å². The van der Waals surface area contributed by atoms with E-state index < -0.39 is 11.7 Å². The zero-order chi connectivity index (χ0) is 23.4. The van der Waals surface area contributed by atoms with Gasteiger partial charge in [-0.1, -0.05) is 0 Å². The largest absolute Gasteiger partial charge is 0.493 e. The summed E-state index contributed by atoms with van der Waals surface area (Å²) in [4.78, 5) is 29.6. The number of carbonyl (C=O) groups is 2. The van der Waals surface area contributed by atoms with Gasteiger partial charge < -0.3 is 24.0 Å². The molecule has 2 aromatic carbocycles. The van der Waals surface area contributed by atoms with Gasteiger partial charge in [-0.3, -0.25) is 9.59 Å². The molecule has 0 spiro atoms. The minimum atomic E-state index is -0.438. The lowest BCUT2D eigenvalue weighted by molar-refractivity contribution is -0.133. The van der Waals surface area contributed by atoms with Crippen LogP contribution in [-0.4, -0.2) is 69.6 Å². The minimum Gasteiger partial charge on any atom is -0.493 e. The number of benzene rings is 2. The Balaban J connectivity index is 2.00. The SMILES string of the molecule is CCN(C)C(=O)[C@H]1CN(C(=O)c2ccc(F)cc2)C[C@H]1c1cc(OC)c(OC)c(OC)c1. The molecule has 0 saturated carbocycles. The fourth-order valence-corrected chi connectivity index (χ4v) is 4.09. The number of halogens is 1. The van der Waals surface area contributed by atoms with Crippen molar-refractivity contribution in [2.45, 2.75) is 12.8 Å². The van der Waals surface area contributed by atoms with Crippen LogP contribution in [0.15, 0.2) is 36.4 Å². The van der Waals surface area contributed by atoms with Crippen LogP contribution in [0.25, 0.3) is 0 Å². The van der Waals surface area contributed by atoms with E-state index in [1.807, 2.05) is 19.1 Å². The highest BCUT2D eigenvalue weighted by Crippen LogP contribution is 2.43. The topological polar surface area (TPSA) is 68.3 Å². The van der Waals surface area contributed by atoms with Crippen LogP contribution in [-0.2, 0) is 4.79 Å². The summed E-state index contributed by atoms with van der Waals surface area (Å²) in [6.07, 6.45) is 0. The number of amides is 2. The molecule has 8 heteroatoms. The molecule has 32 heavy (non-hydrogen) atoms. The molecule has 0 aliphatic carbocycles. The smallest absolute Gasteiger partial charge is 0.253 e. The first-order valence-electron chi connectivity index (χ1n) is 10.4. The number of nitrogens with zero attached hydrogens (tertiary/aromatic N) is 2. The van der Waals surface area contributed by atoms with Gasteiger partial charge in [-0.25, -0.2) is 4.39 Å². The Bertz CT molecular complexity index is 954. The Morgan fingerprint density at radius 1 is 1.03 bits per heavy atom. The summed E-state index contributed by atoms with van der Waals surface area (Å²) in [5.74, 6) is 0.0418. The van der Waals surface area contributed by atoms with Crippen LogP contribution < -0.4 is 14.2 Å². The quantitative estimate of drug-likeness (QED) is 0.656. The van der Waals surface area contributed by atoms with Crippen LogP contribution in [0.5, 0.6) is 17.2 Å².